The predicted octanol–water partition coefficient (Wildman–Crippen LogP) is 2.59. The zero-order valence-corrected chi connectivity index (χ0v) is 10.7. The number of hydrogen-bond acceptors (Lipinski definition) is 3. The van der Waals surface area contributed by atoms with Gasteiger partial charge in [-0.3, -0.25) is 0 Å². The molecule has 0 heterocycles. The molecule has 1 aromatic carbocycles. The molecule has 0 saturated carbocycles. The molecule has 1 N–H and O–H groups in total. The summed E-state index contributed by atoms with van der Waals surface area (Å²) in [5, 5.41) is 8.57. The summed E-state index contributed by atoms with van der Waals surface area (Å²) in [6.07, 6.45) is 1.10. The number of aliphatic hydroxyl groups is 1. The van der Waals surface area contributed by atoms with Crippen molar-refractivity contribution in [1.82, 2.24) is 0 Å². The van der Waals surface area contributed by atoms with Crippen molar-refractivity contribution in [1.29, 1.82) is 0 Å². The van der Waals surface area contributed by atoms with E-state index in [1.54, 1.807) is 0 Å². The highest BCUT2D eigenvalue weighted by molar-refractivity contribution is 5.35. The topological polar surface area (TPSA) is 38.7 Å². The lowest BCUT2D eigenvalue weighted by atomic mass is 9.98. The lowest BCUT2D eigenvalue weighted by Gasteiger charge is -2.15. The van der Waals surface area contributed by atoms with Gasteiger partial charge in [-0.25, -0.2) is 0 Å². The van der Waals surface area contributed by atoms with Gasteiger partial charge in [0.1, 0.15) is 12.4 Å². The molecule has 0 aliphatic carbocycles. The van der Waals surface area contributed by atoms with Gasteiger partial charge in [0, 0.05) is 0 Å². The number of aliphatic hydroxyl groups excluding tert-OH is 1. The molecule has 1 atom stereocenters. The lowest BCUT2D eigenvalue weighted by molar-refractivity contribution is 0.0702. The van der Waals surface area contributed by atoms with Gasteiger partial charge in [-0.1, -0.05) is 32.0 Å². The Bertz CT molecular complexity index is 312. The van der Waals surface area contributed by atoms with Gasteiger partial charge in [-0.15, -0.1) is 0 Å². The Labute approximate surface area is 103 Å². The molecule has 0 amide bonds. The molecule has 0 aliphatic rings. The maximum atomic E-state index is 8.57. The summed E-state index contributed by atoms with van der Waals surface area (Å²) in [6.45, 7) is 5.83. The van der Waals surface area contributed by atoms with E-state index in [0.29, 0.717) is 25.7 Å². The van der Waals surface area contributed by atoms with Crippen LogP contribution in [0.3, 0.4) is 0 Å². The Morgan fingerprint density at radius 1 is 1.18 bits per heavy atom. The monoisotopic (exact) mass is 238 g/mol. The van der Waals surface area contributed by atoms with E-state index in [2.05, 4.69) is 19.9 Å². The van der Waals surface area contributed by atoms with E-state index in [4.69, 9.17) is 14.6 Å². The highest BCUT2D eigenvalue weighted by atomic mass is 16.5. The Kier molecular flexibility index (Phi) is 6.67. The van der Waals surface area contributed by atoms with Gasteiger partial charge in [-0.2, -0.15) is 0 Å². The molecule has 0 fully saturated rings. The molecular weight excluding hydrogens is 216 g/mol. The zero-order chi connectivity index (χ0) is 12.5. The number of para-hydroxylation sites is 1. The largest absolute Gasteiger partial charge is 0.491 e. The van der Waals surface area contributed by atoms with Crippen molar-refractivity contribution >= 4 is 0 Å². The van der Waals surface area contributed by atoms with Crippen molar-refractivity contribution in [2.24, 2.45) is 0 Å². The van der Waals surface area contributed by atoms with Gasteiger partial charge in [0.2, 0.25) is 0 Å². The normalized spacial score (nSPS) is 12.4. The van der Waals surface area contributed by atoms with Crippen LogP contribution in [0.15, 0.2) is 24.3 Å². The number of rotatable bonds is 8. The average molecular weight is 238 g/mol. The van der Waals surface area contributed by atoms with Crippen LogP contribution in [0.25, 0.3) is 0 Å². The molecule has 3 nitrogen and oxygen atoms in total. The van der Waals surface area contributed by atoms with Crippen molar-refractivity contribution < 1.29 is 14.6 Å². The van der Waals surface area contributed by atoms with Gasteiger partial charge in [0.25, 0.3) is 0 Å². The molecule has 0 aromatic heterocycles. The minimum absolute atomic E-state index is 0.0590. The van der Waals surface area contributed by atoms with Crippen LogP contribution in [0, 0.1) is 0 Å². The summed E-state index contributed by atoms with van der Waals surface area (Å²) < 4.78 is 10.9. The fourth-order valence-electron chi connectivity index (χ4n) is 1.62. The summed E-state index contributed by atoms with van der Waals surface area (Å²) in [5.41, 5.74) is 1.25. The second-order valence-electron chi connectivity index (χ2n) is 4.03. The molecule has 0 bridgehead atoms. The van der Waals surface area contributed by atoms with Crippen LogP contribution < -0.4 is 4.74 Å². The van der Waals surface area contributed by atoms with Crippen molar-refractivity contribution in [3.8, 4) is 5.75 Å². The highest BCUT2D eigenvalue weighted by Crippen LogP contribution is 2.28. The fourth-order valence-corrected chi connectivity index (χ4v) is 1.62. The second kappa shape index (κ2) is 8.09. The first-order valence-corrected chi connectivity index (χ1v) is 6.20. The van der Waals surface area contributed by atoms with E-state index >= 15 is 0 Å². The Morgan fingerprint density at radius 3 is 2.65 bits per heavy atom. The fraction of sp³-hybridized carbons (Fsp3) is 0.571. The van der Waals surface area contributed by atoms with E-state index < -0.39 is 0 Å². The summed E-state index contributed by atoms with van der Waals surface area (Å²) >= 11 is 0. The molecule has 0 saturated heterocycles. The molecule has 0 spiro atoms. The van der Waals surface area contributed by atoms with Gasteiger partial charge in [0.15, 0.2) is 0 Å². The van der Waals surface area contributed by atoms with E-state index in [1.807, 2.05) is 18.2 Å². The van der Waals surface area contributed by atoms with Crippen molar-refractivity contribution in [2.45, 2.75) is 26.2 Å². The first kappa shape index (κ1) is 14.0. The van der Waals surface area contributed by atoms with Crippen LogP contribution in [0.4, 0.5) is 0 Å². The molecule has 1 unspecified atom stereocenters. The minimum Gasteiger partial charge on any atom is -0.491 e. The molecule has 17 heavy (non-hydrogen) atoms. The maximum Gasteiger partial charge on any atom is 0.122 e. The third-order valence-electron chi connectivity index (χ3n) is 2.78. The summed E-state index contributed by atoms with van der Waals surface area (Å²) in [6, 6.07) is 8.12. The third kappa shape index (κ3) is 4.75. The average Bonchev–Trinajstić information content (AvgIpc) is 2.38. The first-order chi connectivity index (χ1) is 8.29. The van der Waals surface area contributed by atoms with Crippen molar-refractivity contribution in [2.75, 3.05) is 26.4 Å². The van der Waals surface area contributed by atoms with Gasteiger partial charge in [0.05, 0.1) is 19.8 Å². The quantitative estimate of drug-likeness (QED) is 0.707. The number of benzene rings is 1. The summed E-state index contributed by atoms with van der Waals surface area (Å²) in [5.74, 6) is 1.44. The first-order valence-electron chi connectivity index (χ1n) is 6.20. The van der Waals surface area contributed by atoms with Crippen molar-refractivity contribution in [3.05, 3.63) is 29.8 Å². The smallest absolute Gasteiger partial charge is 0.122 e. The van der Waals surface area contributed by atoms with E-state index in [-0.39, 0.29) is 6.61 Å². The van der Waals surface area contributed by atoms with Gasteiger partial charge in [-0.05, 0) is 24.0 Å². The molecular formula is C14H22O3. The van der Waals surface area contributed by atoms with E-state index in [1.165, 1.54) is 5.56 Å². The van der Waals surface area contributed by atoms with Crippen LogP contribution >= 0.6 is 0 Å². The van der Waals surface area contributed by atoms with E-state index in [0.717, 1.165) is 12.2 Å². The van der Waals surface area contributed by atoms with Crippen LogP contribution in [-0.2, 0) is 4.74 Å². The second-order valence-corrected chi connectivity index (χ2v) is 4.03. The Morgan fingerprint density at radius 2 is 1.94 bits per heavy atom. The van der Waals surface area contributed by atoms with Crippen molar-refractivity contribution in [3.63, 3.8) is 0 Å². The molecule has 1 aromatic rings. The SMILES string of the molecule is CCC(C)c1ccccc1OCCOCCO. The zero-order valence-electron chi connectivity index (χ0n) is 10.7. The Hall–Kier alpha value is -1.06. The van der Waals surface area contributed by atoms with Gasteiger partial charge >= 0.3 is 0 Å². The lowest BCUT2D eigenvalue weighted by Crippen LogP contribution is -2.10. The number of hydrogen-bond donors (Lipinski definition) is 1. The molecule has 96 valence electrons. The standard InChI is InChI=1S/C14H22O3/c1-3-12(2)13-6-4-5-7-14(13)17-11-10-16-9-8-15/h4-7,12,15H,3,8-11H2,1-2H3. The van der Waals surface area contributed by atoms with Crippen LogP contribution in [-0.4, -0.2) is 31.5 Å². The molecule has 3 heteroatoms. The minimum atomic E-state index is 0.0590. The number of ether oxygens (including phenoxy) is 2. The van der Waals surface area contributed by atoms with Crippen LogP contribution in [0.1, 0.15) is 31.7 Å². The molecule has 0 radical (unpaired) electrons. The molecule has 1 rings (SSSR count). The maximum absolute atomic E-state index is 8.57. The van der Waals surface area contributed by atoms with E-state index in [9.17, 15) is 0 Å². The summed E-state index contributed by atoms with van der Waals surface area (Å²) in [7, 11) is 0. The highest BCUT2D eigenvalue weighted by Gasteiger charge is 2.08. The van der Waals surface area contributed by atoms with Crippen LogP contribution in [0.2, 0.25) is 0 Å². The van der Waals surface area contributed by atoms with Gasteiger partial charge < -0.3 is 14.6 Å². The predicted molar refractivity (Wildman–Crippen MR) is 68.5 cm³/mol. The third-order valence-corrected chi connectivity index (χ3v) is 2.78. The van der Waals surface area contributed by atoms with Crippen LogP contribution in [0.5, 0.6) is 5.75 Å². The molecule has 0 aliphatic heterocycles. The summed E-state index contributed by atoms with van der Waals surface area (Å²) in [4.78, 5) is 0. The Balaban J connectivity index is 2.46.